The highest BCUT2D eigenvalue weighted by molar-refractivity contribution is 6.06. The van der Waals surface area contributed by atoms with Crippen LogP contribution in [0.25, 0.3) is 55.3 Å². The van der Waals surface area contributed by atoms with Gasteiger partial charge in [0.1, 0.15) is 11.2 Å². The lowest BCUT2D eigenvalue weighted by Crippen LogP contribution is -2.17. The van der Waals surface area contributed by atoms with E-state index in [4.69, 9.17) is 10.2 Å². The first-order chi connectivity index (χ1) is 25.1. The lowest BCUT2D eigenvalue weighted by Gasteiger charge is -2.29. The zero-order valence-corrected chi connectivity index (χ0v) is 30.4. The number of anilines is 4. The van der Waals surface area contributed by atoms with Crippen molar-refractivity contribution in [1.29, 1.82) is 0 Å². The molecule has 0 radical (unpaired) electrons. The summed E-state index contributed by atoms with van der Waals surface area (Å²) in [6.07, 6.45) is 0. The summed E-state index contributed by atoms with van der Waals surface area (Å²) in [4.78, 5) is 2.35. The fourth-order valence-corrected chi connectivity index (χ4v) is 8.13. The average Bonchev–Trinajstić information content (AvgIpc) is 3.64. The van der Waals surface area contributed by atoms with E-state index < -0.39 is 0 Å². The van der Waals surface area contributed by atoms with Crippen LogP contribution in [0.4, 0.5) is 22.7 Å². The monoisotopic (exact) mass is 674 g/mol. The number of fused-ring (bicyclic) bond motifs is 6. The number of nitrogens with zero attached hydrogens (tertiary/aromatic N) is 1. The third-order valence-corrected chi connectivity index (χ3v) is 11.0. The van der Waals surface area contributed by atoms with Crippen LogP contribution in [0.3, 0.4) is 0 Å². The molecule has 3 heteroatoms. The number of para-hydroxylation sites is 2. The third-order valence-electron chi connectivity index (χ3n) is 11.0. The molecule has 7 aromatic carbocycles. The van der Waals surface area contributed by atoms with Gasteiger partial charge in [0, 0.05) is 38.8 Å². The molecule has 2 N–H and O–H groups in total. The van der Waals surface area contributed by atoms with Crippen LogP contribution >= 0.6 is 0 Å². The van der Waals surface area contributed by atoms with Crippen LogP contribution in [-0.2, 0) is 10.8 Å². The molecule has 0 bridgehead atoms. The first-order valence-corrected chi connectivity index (χ1v) is 18.1. The van der Waals surface area contributed by atoms with Crippen LogP contribution in [-0.4, -0.2) is 0 Å². The molecule has 0 unspecified atom stereocenters. The Labute approximate surface area is 306 Å². The second-order valence-electron chi connectivity index (χ2n) is 15.7. The highest BCUT2D eigenvalue weighted by Gasteiger charge is 2.38. The maximum atomic E-state index is 6.23. The quantitative estimate of drug-likeness (QED) is 0.185. The van der Waals surface area contributed by atoms with Gasteiger partial charge in [0.05, 0.1) is 5.69 Å². The molecule has 0 amide bonds. The number of furan rings is 1. The maximum absolute atomic E-state index is 6.23. The molecule has 52 heavy (non-hydrogen) atoms. The molecular weight excluding hydrogens is 633 g/mol. The molecule has 8 aromatic rings. The van der Waals surface area contributed by atoms with Gasteiger partial charge in [-0.05, 0) is 111 Å². The van der Waals surface area contributed by atoms with Crippen molar-refractivity contribution in [3.63, 3.8) is 0 Å². The van der Waals surface area contributed by atoms with Crippen LogP contribution in [0.1, 0.15) is 51.3 Å². The summed E-state index contributed by atoms with van der Waals surface area (Å²) in [5.41, 5.74) is 23.4. The predicted octanol–water partition coefficient (Wildman–Crippen LogP) is 13.6. The van der Waals surface area contributed by atoms with Gasteiger partial charge >= 0.3 is 0 Å². The molecule has 0 aliphatic heterocycles. The Morgan fingerprint density at radius 1 is 0.538 bits per heavy atom. The van der Waals surface area contributed by atoms with Crippen molar-refractivity contribution in [2.24, 2.45) is 0 Å². The minimum absolute atomic E-state index is 0.0740. The number of benzene rings is 7. The first kappa shape index (κ1) is 31.9. The summed E-state index contributed by atoms with van der Waals surface area (Å²) in [5.74, 6) is 0. The van der Waals surface area contributed by atoms with E-state index in [9.17, 15) is 0 Å². The van der Waals surface area contributed by atoms with Crippen molar-refractivity contribution < 1.29 is 4.42 Å². The molecule has 1 aliphatic carbocycles. The SMILES string of the molecule is CC(C)(C)c1ccc2c(c1)C(C)(C)c1cccc(-c3ccccc3N(c3ccc(N)cc3)c3ccc(-c4ccc5c(c4)oc4ccccc45)cc3)c1-2. The molecular formula is C49H42N2O. The van der Waals surface area contributed by atoms with Gasteiger partial charge in [0.2, 0.25) is 0 Å². The second kappa shape index (κ2) is 11.7. The zero-order chi connectivity index (χ0) is 35.8. The number of hydrogen-bond acceptors (Lipinski definition) is 3. The number of hydrogen-bond donors (Lipinski definition) is 1. The highest BCUT2D eigenvalue weighted by Crippen LogP contribution is 2.54. The molecule has 0 saturated carbocycles. The van der Waals surface area contributed by atoms with Crippen molar-refractivity contribution in [2.75, 3.05) is 10.6 Å². The lowest BCUT2D eigenvalue weighted by molar-refractivity contribution is 0.584. The first-order valence-electron chi connectivity index (χ1n) is 18.1. The Balaban J connectivity index is 1.18. The van der Waals surface area contributed by atoms with E-state index in [1.165, 1.54) is 38.9 Å². The van der Waals surface area contributed by atoms with Crippen LogP contribution < -0.4 is 10.6 Å². The van der Waals surface area contributed by atoms with Crippen LogP contribution in [0.15, 0.2) is 156 Å². The fourth-order valence-electron chi connectivity index (χ4n) is 8.13. The zero-order valence-electron chi connectivity index (χ0n) is 30.4. The number of nitrogen functional groups attached to an aromatic ring is 1. The summed E-state index contributed by atoms with van der Waals surface area (Å²) in [6, 6.07) is 54.5. The third kappa shape index (κ3) is 5.11. The Kier molecular flexibility index (Phi) is 7.20. The van der Waals surface area contributed by atoms with Crippen molar-refractivity contribution in [3.8, 4) is 33.4 Å². The molecule has 1 heterocycles. The Hall–Kier alpha value is -6.06. The van der Waals surface area contributed by atoms with E-state index in [1.807, 2.05) is 24.3 Å². The smallest absolute Gasteiger partial charge is 0.136 e. The topological polar surface area (TPSA) is 42.4 Å². The van der Waals surface area contributed by atoms with E-state index in [1.54, 1.807) is 0 Å². The summed E-state index contributed by atoms with van der Waals surface area (Å²) in [7, 11) is 0. The molecule has 1 aliphatic rings. The molecule has 0 saturated heterocycles. The molecule has 1 aromatic heterocycles. The highest BCUT2D eigenvalue weighted by atomic mass is 16.3. The largest absolute Gasteiger partial charge is 0.456 e. The van der Waals surface area contributed by atoms with Crippen LogP contribution in [0, 0.1) is 0 Å². The van der Waals surface area contributed by atoms with Crippen molar-refractivity contribution in [1.82, 2.24) is 0 Å². The minimum Gasteiger partial charge on any atom is -0.456 e. The van der Waals surface area contributed by atoms with Crippen LogP contribution in [0.2, 0.25) is 0 Å². The van der Waals surface area contributed by atoms with Crippen molar-refractivity contribution in [3.05, 3.63) is 168 Å². The molecule has 0 fully saturated rings. The van der Waals surface area contributed by atoms with Gasteiger partial charge in [0.15, 0.2) is 0 Å². The van der Waals surface area contributed by atoms with Gasteiger partial charge in [-0.3, -0.25) is 0 Å². The van der Waals surface area contributed by atoms with Gasteiger partial charge in [-0.15, -0.1) is 0 Å². The standard InChI is InChI=1S/C49H42N2O/c1-48(2,3)33-20-28-41-43(30-33)49(4,5)42-14-10-13-40(47(41)42)37-11-6-8-15-44(37)51(36-25-21-34(50)22-26-36)35-23-17-31(18-24-35)32-19-27-39-38-12-7-9-16-45(38)52-46(39)29-32/h6-30H,50H2,1-5H3. The molecule has 0 spiro atoms. The summed E-state index contributed by atoms with van der Waals surface area (Å²) in [5, 5.41) is 2.28. The van der Waals surface area contributed by atoms with Gasteiger partial charge in [-0.1, -0.05) is 126 Å². The van der Waals surface area contributed by atoms with Gasteiger partial charge < -0.3 is 15.1 Å². The van der Waals surface area contributed by atoms with E-state index in [2.05, 4.69) is 167 Å². The van der Waals surface area contributed by atoms with Gasteiger partial charge in [-0.25, -0.2) is 0 Å². The Morgan fingerprint density at radius 2 is 1.19 bits per heavy atom. The Bertz CT molecular complexity index is 2640. The van der Waals surface area contributed by atoms with Gasteiger partial charge in [-0.2, -0.15) is 0 Å². The minimum atomic E-state index is -0.116. The van der Waals surface area contributed by atoms with E-state index >= 15 is 0 Å². The molecule has 3 nitrogen and oxygen atoms in total. The van der Waals surface area contributed by atoms with E-state index in [-0.39, 0.29) is 10.8 Å². The van der Waals surface area contributed by atoms with Crippen molar-refractivity contribution in [2.45, 2.75) is 45.4 Å². The fraction of sp³-hybridized carbons (Fsp3) is 0.143. The summed E-state index contributed by atoms with van der Waals surface area (Å²) in [6.45, 7) is 11.6. The Morgan fingerprint density at radius 3 is 1.96 bits per heavy atom. The summed E-state index contributed by atoms with van der Waals surface area (Å²) < 4.78 is 6.23. The van der Waals surface area contributed by atoms with Crippen molar-refractivity contribution >= 4 is 44.7 Å². The van der Waals surface area contributed by atoms with Gasteiger partial charge in [0.25, 0.3) is 0 Å². The number of rotatable bonds is 5. The van der Waals surface area contributed by atoms with E-state index in [0.717, 1.165) is 55.8 Å². The summed E-state index contributed by atoms with van der Waals surface area (Å²) >= 11 is 0. The normalized spacial score (nSPS) is 13.3. The molecule has 254 valence electrons. The molecule has 0 atom stereocenters. The lowest BCUT2D eigenvalue weighted by atomic mass is 9.79. The van der Waals surface area contributed by atoms with Crippen LogP contribution in [0.5, 0.6) is 0 Å². The molecule has 9 rings (SSSR count). The average molecular weight is 675 g/mol. The predicted molar refractivity (Wildman–Crippen MR) is 220 cm³/mol. The number of nitrogens with two attached hydrogens (primary N) is 1. The maximum Gasteiger partial charge on any atom is 0.136 e. The second-order valence-corrected chi connectivity index (χ2v) is 15.7. The van der Waals surface area contributed by atoms with E-state index in [0.29, 0.717) is 0 Å².